The summed E-state index contributed by atoms with van der Waals surface area (Å²) in [7, 11) is 0. The van der Waals surface area contributed by atoms with E-state index in [1.807, 2.05) is 0 Å². The highest BCUT2D eigenvalue weighted by molar-refractivity contribution is 5.83. The highest BCUT2D eigenvalue weighted by Gasteiger charge is 2.30. The van der Waals surface area contributed by atoms with Gasteiger partial charge in [0.2, 0.25) is 0 Å². The summed E-state index contributed by atoms with van der Waals surface area (Å²) in [5.41, 5.74) is 0.778. The van der Waals surface area contributed by atoms with Crippen molar-refractivity contribution in [3.63, 3.8) is 0 Å². The van der Waals surface area contributed by atoms with Crippen LogP contribution in [0.2, 0.25) is 0 Å². The van der Waals surface area contributed by atoms with Crippen LogP contribution in [0.4, 0.5) is 4.39 Å². The first-order valence-corrected chi connectivity index (χ1v) is 8.57. The van der Waals surface area contributed by atoms with Crippen molar-refractivity contribution in [2.45, 2.75) is 38.8 Å². The molecule has 0 radical (unpaired) electrons. The van der Waals surface area contributed by atoms with E-state index in [1.54, 1.807) is 24.4 Å². The molecule has 0 aliphatic carbocycles. The Hall–Kier alpha value is -2.34. The first-order chi connectivity index (χ1) is 12.0. The number of nitrogens with one attached hydrogen (secondary N) is 1. The SMILES string of the molecule is C[C@H]1C[C@@H](C(=O)Cc2ccccc2F)CCN1Cc1ncc[nH]c1=O. The molecule has 1 fully saturated rings. The second-order valence-corrected chi connectivity index (χ2v) is 6.64. The lowest BCUT2D eigenvalue weighted by molar-refractivity contribution is -0.124. The molecule has 1 aromatic carbocycles. The molecule has 0 bridgehead atoms. The predicted molar refractivity (Wildman–Crippen MR) is 92.6 cm³/mol. The highest BCUT2D eigenvalue weighted by atomic mass is 19.1. The third kappa shape index (κ3) is 4.20. The number of piperidine rings is 1. The van der Waals surface area contributed by atoms with E-state index in [4.69, 9.17) is 0 Å². The number of Topliss-reactive ketones (excluding diaryl/α,β-unsaturated/α-hetero) is 1. The van der Waals surface area contributed by atoms with Gasteiger partial charge in [-0.3, -0.25) is 19.5 Å². The smallest absolute Gasteiger partial charge is 0.270 e. The summed E-state index contributed by atoms with van der Waals surface area (Å²) in [6.45, 7) is 3.26. The first kappa shape index (κ1) is 17.5. The molecular formula is C19H22FN3O2. The summed E-state index contributed by atoms with van der Waals surface area (Å²) in [4.78, 5) is 33.2. The zero-order chi connectivity index (χ0) is 17.8. The highest BCUT2D eigenvalue weighted by Crippen LogP contribution is 2.26. The molecule has 6 heteroatoms. The van der Waals surface area contributed by atoms with E-state index in [1.165, 1.54) is 12.3 Å². The van der Waals surface area contributed by atoms with Crippen molar-refractivity contribution in [3.8, 4) is 0 Å². The van der Waals surface area contributed by atoms with Gasteiger partial charge < -0.3 is 4.98 Å². The van der Waals surface area contributed by atoms with Gasteiger partial charge in [0.25, 0.3) is 5.56 Å². The zero-order valence-electron chi connectivity index (χ0n) is 14.2. The van der Waals surface area contributed by atoms with Crippen molar-refractivity contribution in [2.24, 2.45) is 5.92 Å². The van der Waals surface area contributed by atoms with Gasteiger partial charge in [0, 0.05) is 37.3 Å². The maximum Gasteiger partial charge on any atom is 0.270 e. The van der Waals surface area contributed by atoms with E-state index in [0.29, 0.717) is 17.8 Å². The van der Waals surface area contributed by atoms with Crippen LogP contribution in [-0.2, 0) is 17.8 Å². The second kappa shape index (κ2) is 7.70. The van der Waals surface area contributed by atoms with Crippen LogP contribution in [0.25, 0.3) is 0 Å². The molecule has 5 nitrogen and oxygen atoms in total. The minimum absolute atomic E-state index is 0.0622. The quantitative estimate of drug-likeness (QED) is 0.905. The zero-order valence-corrected chi connectivity index (χ0v) is 14.2. The summed E-state index contributed by atoms with van der Waals surface area (Å²) < 4.78 is 13.7. The first-order valence-electron chi connectivity index (χ1n) is 8.57. The Morgan fingerprint density at radius 1 is 1.40 bits per heavy atom. The number of nitrogens with zero attached hydrogens (tertiary/aromatic N) is 2. The maximum atomic E-state index is 13.7. The van der Waals surface area contributed by atoms with Gasteiger partial charge in [-0.2, -0.15) is 0 Å². The molecule has 3 rings (SSSR count). The Balaban J connectivity index is 1.60. The number of likely N-dealkylation sites (tertiary alicyclic amines) is 1. The van der Waals surface area contributed by atoms with Gasteiger partial charge in [0.05, 0.1) is 0 Å². The van der Waals surface area contributed by atoms with Gasteiger partial charge in [-0.15, -0.1) is 0 Å². The lowest BCUT2D eigenvalue weighted by Gasteiger charge is -2.36. The van der Waals surface area contributed by atoms with Crippen molar-refractivity contribution >= 4 is 5.78 Å². The van der Waals surface area contributed by atoms with E-state index in [2.05, 4.69) is 21.8 Å². The number of carbonyl (C=O) groups is 1. The normalized spacial score (nSPS) is 21.2. The van der Waals surface area contributed by atoms with Gasteiger partial charge in [-0.1, -0.05) is 18.2 Å². The number of ketones is 1. The third-order valence-corrected chi connectivity index (χ3v) is 4.93. The number of aromatic nitrogens is 2. The largest absolute Gasteiger partial charge is 0.326 e. The second-order valence-electron chi connectivity index (χ2n) is 6.64. The van der Waals surface area contributed by atoms with E-state index >= 15 is 0 Å². The molecule has 2 atom stereocenters. The average Bonchev–Trinajstić information content (AvgIpc) is 2.60. The monoisotopic (exact) mass is 343 g/mol. The van der Waals surface area contributed by atoms with Crippen LogP contribution < -0.4 is 5.56 Å². The third-order valence-electron chi connectivity index (χ3n) is 4.93. The Labute approximate surface area is 145 Å². The van der Waals surface area contributed by atoms with Gasteiger partial charge >= 0.3 is 0 Å². The van der Waals surface area contributed by atoms with Crippen LogP contribution in [0.15, 0.2) is 41.5 Å². The Kier molecular flexibility index (Phi) is 5.38. The number of rotatable bonds is 5. The predicted octanol–water partition coefficient (Wildman–Crippen LogP) is 2.32. The van der Waals surface area contributed by atoms with Crippen LogP contribution in [-0.4, -0.2) is 33.2 Å². The molecule has 2 aromatic rings. The lowest BCUT2D eigenvalue weighted by Crippen LogP contribution is -2.43. The van der Waals surface area contributed by atoms with Gasteiger partial charge in [0.15, 0.2) is 0 Å². The molecule has 1 aliphatic heterocycles. The minimum atomic E-state index is -0.323. The topological polar surface area (TPSA) is 66.1 Å². The standard InChI is InChI=1S/C19H22FN3O2/c1-13-10-15(18(24)11-14-4-2-3-5-16(14)20)6-9-23(13)12-17-19(25)22-8-7-21-17/h2-5,7-8,13,15H,6,9-12H2,1H3,(H,22,25)/t13-,15-/m0/s1. The summed E-state index contributed by atoms with van der Waals surface area (Å²) in [5.74, 6) is -0.295. The molecular weight excluding hydrogens is 321 g/mol. The van der Waals surface area contributed by atoms with E-state index in [9.17, 15) is 14.0 Å². The van der Waals surface area contributed by atoms with E-state index in [-0.39, 0.29) is 35.5 Å². The number of hydrogen-bond donors (Lipinski definition) is 1. The Morgan fingerprint density at radius 2 is 2.20 bits per heavy atom. The van der Waals surface area contributed by atoms with Crippen molar-refractivity contribution in [1.82, 2.24) is 14.9 Å². The van der Waals surface area contributed by atoms with Crippen molar-refractivity contribution < 1.29 is 9.18 Å². The molecule has 0 unspecified atom stereocenters. The average molecular weight is 343 g/mol. The molecule has 25 heavy (non-hydrogen) atoms. The van der Waals surface area contributed by atoms with Gasteiger partial charge in [-0.05, 0) is 37.9 Å². The summed E-state index contributed by atoms with van der Waals surface area (Å²) in [6.07, 6.45) is 4.68. The number of aromatic amines is 1. The molecule has 0 saturated carbocycles. The van der Waals surface area contributed by atoms with Gasteiger partial charge in [-0.25, -0.2) is 4.39 Å². The molecule has 1 saturated heterocycles. The van der Waals surface area contributed by atoms with Crippen LogP contribution in [0, 0.1) is 11.7 Å². The molecule has 0 spiro atoms. The molecule has 0 amide bonds. The fraction of sp³-hybridized carbons (Fsp3) is 0.421. The van der Waals surface area contributed by atoms with Crippen LogP contribution in [0.3, 0.4) is 0 Å². The number of hydrogen-bond acceptors (Lipinski definition) is 4. The molecule has 132 valence electrons. The Morgan fingerprint density at radius 3 is 2.92 bits per heavy atom. The number of halogens is 1. The fourth-order valence-electron chi connectivity index (χ4n) is 3.41. The number of carbonyl (C=O) groups excluding carboxylic acids is 1. The summed E-state index contributed by atoms with van der Waals surface area (Å²) >= 11 is 0. The minimum Gasteiger partial charge on any atom is -0.326 e. The van der Waals surface area contributed by atoms with E-state index in [0.717, 1.165) is 19.4 Å². The van der Waals surface area contributed by atoms with Gasteiger partial charge in [0.1, 0.15) is 17.3 Å². The van der Waals surface area contributed by atoms with Crippen LogP contribution >= 0.6 is 0 Å². The molecule has 1 aromatic heterocycles. The van der Waals surface area contributed by atoms with Crippen LogP contribution in [0.1, 0.15) is 31.0 Å². The molecule has 1 N–H and O–H groups in total. The molecule has 1 aliphatic rings. The number of benzene rings is 1. The molecule has 2 heterocycles. The summed E-state index contributed by atoms with van der Waals surface area (Å²) in [6, 6.07) is 6.60. The van der Waals surface area contributed by atoms with E-state index < -0.39 is 0 Å². The Bertz CT molecular complexity index is 805. The van der Waals surface area contributed by atoms with Crippen molar-refractivity contribution in [1.29, 1.82) is 0 Å². The lowest BCUT2D eigenvalue weighted by atomic mass is 9.85. The van der Waals surface area contributed by atoms with Crippen molar-refractivity contribution in [3.05, 3.63) is 64.1 Å². The maximum absolute atomic E-state index is 13.7. The van der Waals surface area contributed by atoms with Crippen molar-refractivity contribution in [2.75, 3.05) is 6.54 Å². The summed E-state index contributed by atoms with van der Waals surface area (Å²) in [5, 5.41) is 0. The van der Waals surface area contributed by atoms with Crippen LogP contribution in [0.5, 0.6) is 0 Å². The number of H-pyrrole nitrogens is 1. The fourth-order valence-corrected chi connectivity index (χ4v) is 3.41.